The lowest BCUT2D eigenvalue weighted by Crippen LogP contribution is -2.02. The van der Waals surface area contributed by atoms with E-state index in [1.807, 2.05) is 0 Å². The number of nitrogens with zero attached hydrogens (tertiary/aromatic N) is 3. The Morgan fingerprint density at radius 2 is 2.43 bits per heavy atom. The highest BCUT2D eigenvalue weighted by atomic mass is 17.0. The van der Waals surface area contributed by atoms with Crippen LogP contribution in [0.2, 0.25) is 0 Å². The molecular weight excluding hydrogens is 100 g/mol. The first-order valence-electron chi connectivity index (χ1n) is 1.29. The van der Waals surface area contributed by atoms with Gasteiger partial charge < -0.3 is 5.21 Å². The highest BCUT2D eigenvalue weighted by Gasteiger charge is 1.72. The SMILES string of the molecule is C=NON([O-])N=N. The van der Waals surface area contributed by atoms with Crippen LogP contribution in [0.3, 0.4) is 0 Å². The summed E-state index contributed by atoms with van der Waals surface area (Å²) in [6, 6.07) is 0. The molecule has 0 heterocycles. The van der Waals surface area contributed by atoms with Crippen molar-refractivity contribution in [3.63, 3.8) is 0 Å². The molecule has 0 spiro atoms. The minimum absolute atomic E-state index is 0.382. The third kappa shape index (κ3) is 2.64. The van der Waals surface area contributed by atoms with E-state index < -0.39 is 0 Å². The number of nitrogens with one attached hydrogen (secondary N) is 1. The Labute approximate surface area is 39.4 Å². The first kappa shape index (κ1) is 5.83. The molecule has 0 aromatic rings. The summed E-state index contributed by atoms with van der Waals surface area (Å²) in [6.45, 7) is 2.79. The fourth-order valence-corrected chi connectivity index (χ4v) is 0.0676. The quantitative estimate of drug-likeness (QED) is 0.316. The maximum Gasteiger partial charge on any atom is 0.0333 e. The second kappa shape index (κ2) is 3.04. The molecule has 0 aromatic carbocycles. The summed E-state index contributed by atoms with van der Waals surface area (Å²) in [6.07, 6.45) is 0. The number of hydrogen-bond donors (Lipinski definition) is 1. The molecule has 0 bridgehead atoms. The largest absolute Gasteiger partial charge is 0.703 e. The van der Waals surface area contributed by atoms with E-state index in [2.05, 4.69) is 22.0 Å². The fraction of sp³-hybridized carbons (Fsp3) is 0. The Balaban J connectivity index is 3.15. The molecular formula is CH3N4O2-. The first-order chi connectivity index (χ1) is 3.31. The monoisotopic (exact) mass is 103 g/mol. The molecule has 0 aliphatic rings. The third-order valence-corrected chi connectivity index (χ3v) is 0.209. The van der Waals surface area contributed by atoms with Gasteiger partial charge in [-0.3, -0.25) is 4.94 Å². The molecule has 0 radical (unpaired) electrons. The second-order valence-corrected chi connectivity index (χ2v) is 0.549. The molecule has 6 nitrogen and oxygen atoms in total. The van der Waals surface area contributed by atoms with Crippen LogP contribution in [-0.4, -0.2) is 12.1 Å². The van der Waals surface area contributed by atoms with Gasteiger partial charge in [0.1, 0.15) is 0 Å². The Hall–Kier alpha value is -1.17. The van der Waals surface area contributed by atoms with Gasteiger partial charge in [0.2, 0.25) is 0 Å². The summed E-state index contributed by atoms with van der Waals surface area (Å²) in [7, 11) is 0. The lowest BCUT2D eigenvalue weighted by atomic mass is 11.8. The molecule has 0 aliphatic carbocycles. The zero-order valence-corrected chi connectivity index (χ0v) is 3.37. The van der Waals surface area contributed by atoms with Crippen molar-refractivity contribution in [2.75, 3.05) is 0 Å². The molecule has 0 fully saturated rings. The van der Waals surface area contributed by atoms with Gasteiger partial charge >= 0.3 is 0 Å². The summed E-state index contributed by atoms with van der Waals surface area (Å²) < 4.78 is 0. The van der Waals surface area contributed by atoms with Crippen molar-refractivity contribution < 1.29 is 4.94 Å². The summed E-state index contributed by atoms with van der Waals surface area (Å²) in [5.74, 6) is 0. The van der Waals surface area contributed by atoms with Crippen molar-refractivity contribution in [3.8, 4) is 0 Å². The van der Waals surface area contributed by atoms with Crippen molar-refractivity contribution >= 4 is 6.72 Å². The summed E-state index contributed by atoms with van der Waals surface area (Å²) in [4.78, 5) is 3.63. The lowest BCUT2D eigenvalue weighted by molar-refractivity contribution is -0.126. The maximum atomic E-state index is 9.62. The average molecular weight is 103 g/mol. The van der Waals surface area contributed by atoms with E-state index in [9.17, 15) is 5.21 Å². The number of rotatable bonds is 3. The van der Waals surface area contributed by atoms with Crippen LogP contribution in [-0.2, 0) is 4.94 Å². The van der Waals surface area contributed by atoms with E-state index in [1.165, 1.54) is 0 Å². The van der Waals surface area contributed by atoms with Gasteiger partial charge in [-0.2, -0.15) is 5.53 Å². The molecule has 1 N–H and O–H groups in total. The van der Waals surface area contributed by atoms with Gasteiger partial charge in [-0.15, -0.1) is 5.34 Å². The normalized spacial score (nSPS) is 7.00. The summed E-state index contributed by atoms with van der Waals surface area (Å²) in [5, 5.41) is 14.1. The predicted molar refractivity (Wildman–Crippen MR) is 21.0 cm³/mol. The van der Waals surface area contributed by atoms with Gasteiger partial charge in [-0.25, -0.2) is 0 Å². The Kier molecular flexibility index (Phi) is 2.53. The Morgan fingerprint density at radius 3 is 2.57 bits per heavy atom. The van der Waals surface area contributed by atoms with E-state index in [1.54, 1.807) is 0 Å². The minimum atomic E-state index is -0.382. The minimum Gasteiger partial charge on any atom is -0.703 e. The molecule has 0 atom stereocenters. The Morgan fingerprint density at radius 1 is 1.86 bits per heavy atom. The van der Waals surface area contributed by atoms with Gasteiger partial charge in [0.25, 0.3) is 0 Å². The third-order valence-electron chi connectivity index (χ3n) is 0.209. The van der Waals surface area contributed by atoms with Crippen LogP contribution < -0.4 is 0 Å². The van der Waals surface area contributed by atoms with E-state index in [4.69, 9.17) is 5.53 Å². The standard InChI is InChI=1S/CH3N4O2/c1-3-7-5(6)4-2/h2H,1H2/q-1. The topological polar surface area (TPSA) is 84.1 Å². The van der Waals surface area contributed by atoms with Gasteiger partial charge in [0.15, 0.2) is 0 Å². The molecule has 7 heavy (non-hydrogen) atoms. The molecule has 0 rings (SSSR count). The van der Waals surface area contributed by atoms with Crippen LogP contribution in [0.15, 0.2) is 10.4 Å². The molecule has 0 amide bonds. The van der Waals surface area contributed by atoms with Gasteiger partial charge in [-0.1, -0.05) is 10.4 Å². The summed E-state index contributed by atoms with van der Waals surface area (Å²) >= 11 is 0. The number of oxime groups is 1. The molecule has 0 saturated heterocycles. The highest BCUT2D eigenvalue weighted by Crippen LogP contribution is 1.83. The van der Waals surface area contributed by atoms with E-state index in [0.717, 1.165) is 0 Å². The van der Waals surface area contributed by atoms with Gasteiger partial charge in [-0.05, 0) is 0 Å². The molecule has 40 valence electrons. The molecule has 0 aliphatic heterocycles. The smallest absolute Gasteiger partial charge is 0.0333 e. The molecule has 0 saturated carbocycles. The zero-order valence-electron chi connectivity index (χ0n) is 3.37. The van der Waals surface area contributed by atoms with Crippen LogP contribution in [0.5, 0.6) is 0 Å². The van der Waals surface area contributed by atoms with Crippen molar-refractivity contribution in [3.05, 3.63) is 5.21 Å². The predicted octanol–water partition coefficient (Wildman–Crippen LogP) is 0.279. The highest BCUT2D eigenvalue weighted by molar-refractivity contribution is 5.21. The fourth-order valence-electron chi connectivity index (χ4n) is 0.0676. The summed E-state index contributed by atoms with van der Waals surface area (Å²) in [5.41, 5.74) is 5.94. The van der Waals surface area contributed by atoms with Crippen molar-refractivity contribution in [1.29, 1.82) is 5.53 Å². The second-order valence-electron chi connectivity index (χ2n) is 0.549. The Bertz CT molecular complexity index is 72.1. The van der Waals surface area contributed by atoms with E-state index in [-0.39, 0.29) is 5.34 Å². The number of hydrogen-bond acceptors (Lipinski definition) is 5. The lowest BCUT2D eigenvalue weighted by Gasteiger charge is -2.13. The van der Waals surface area contributed by atoms with Crippen LogP contribution >= 0.6 is 0 Å². The van der Waals surface area contributed by atoms with Crippen LogP contribution in [0, 0.1) is 10.7 Å². The molecule has 0 unspecified atom stereocenters. The average Bonchev–Trinajstić information content (AvgIpc) is 1.68. The van der Waals surface area contributed by atoms with Gasteiger partial charge in [0, 0.05) is 6.72 Å². The van der Waals surface area contributed by atoms with Crippen molar-refractivity contribution in [2.45, 2.75) is 0 Å². The first-order valence-corrected chi connectivity index (χ1v) is 1.29. The van der Waals surface area contributed by atoms with E-state index >= 15 is 0 Å². The molecule has 6 heteroatoms. The van der Waals surface area contributed by atoms with Crippen molar-refractivity contribution in [2.24, 2.45) is 10.4 Å². The maximum absolute atomic E-state index is 9.62. The zero-order chi connectivity index (χ0) is 5.70. The van der Waals surface area contributed by atoms with Crippen LogP contribution in [0.4, 0.5) is 0 Å². The van der Waals surface area contributed by atoms with Crippen LogP contribution in [0.25, 0.3) is 0 Å². The van der Waals surface area contributed by atoms with E-state index in [0.29, 0.717) is 0 Å². The van der Waals surface area contributed by atoms with Gasteiger partial charge in [0.05, 0.1) is 0 Å². The molecule has 0 aromatic heterocycles. The van der Waals surface area contributed by atoms with Crippen LogP contribution in [0.1, 0.15) is 0 Å². The van der Waals surface area contributed by atoms with Crippen molar-refractivity contribution in [1.82, 2.24) is 5.34 Å².